The quantitative estimate of drug-likeness (QED) is 0.413. The van der Waals surface area contributed by atoms with Crippen LogP contribution in [0.2, 0.25) is 18.1 Å². The van der Waals surface area contributed by atoms with Gasteiger partial charge in [-0.2, -0.15) is 0 Å². The fourth-order valence-corrected chi connectivity index (χ4v) is 1.39. The molecule has 0 aliphatic rings. The summed E-state index contributed by atoms with van der Waals surface area (Å²) in [6.45, 7) is 10.2. The van der Waals surface area contributed by atoms with Crippen molar-refractivity contribution in [1.29, 1.82) is 0 Å². The Balaban J connectivity index is 4.37. The standard InChI is InChI=1S/C9H19NO3Si/c1-9(2,3)14(5,6)13-8(11)7-10-12-4/h7H,1-6H3/b10-7+. The Hall–Kier alpha value is -0.843. The van der Waals surface area contributed by atoms with E-state index in [2.05, 4.69) is 30.8 Å². The van der Waals surface area contributed by atoms with Crippen molar-refractivity contribution in [3.05, 3.63) is 0 Å². The van der Waals surface area contributed by atoms with Crippen LogP contribution in [0.5, 0.6) is 0 Å². The molecular weight excluding hydrogens is 198 g/mol. The Morgan fingerprint density at radius 3 is 2.21 bits per heavy atom. The van der Waals surface area contributed by atoms with Crippen molar-refractivity contribution in [2.75, 3.05) is 7.11 Å². The number of rotatable bonds is 3. The van der Waals surface area contributed by atoms with Crippen molar-refractivity contribution in [3.8, 4) is 0 Å². The van der Waals surface area contributed by atoms with Crippen molar-refractivity contribution in [3.63, 3.8) is 0 Å². The summed E-state index contributed by atoms with van der Waals surface area (Å²) < 4.78 is 5.38. The van der Waals surface area contributed by atoms with Gasteiger partial charge in [-0.25, -0.2) is 4.79 Å². The van der Waals surface area contributed by atoms with Gasteiger partial charge >= 0.3 is 5.97 Å². The second kappa shape index (κ2) is 4.59. The number of hydrogen-bond donors (Lipinski definition) is 0. The average Bonchev–Trinajstić information content (AvgIpc) is 1.97. The molecule has 0 fully saturated rings. The fourth-order valence-electron chi connectivity index (χ4n) is 0.527. The van der Waals surface area contributed by atoms with Crippen molar-refractivity contribution >= 4 is 20.5 Å². The summed E-state index contributed by atoms with van der Waals surface area (Å²) in [5.41, 5.74) is 0. The normalized spacial score (nSPS) is 13.0. The molecule has 0 spiro atoms. The van der Waals surface area contributed by atoms with E-state index < -0.39 is 14.3 Å². The molecule has 0 saturated heterocycles. The Labute approximate surface area is 86.4 Å². The van der Waals surface area contributed by atoms with Crippen LogP contribution in [0.3, 0.4) is 0 Å². The predicted molar refractivity (Wildman–Crippen MR) is 58.8 cm³/mol. The average molecular weight is 217 g/mol. The minimum atomic E-state index is -2.01. The first-order valence-corrected chi connectivity index (χ1v) is 7.41. The van der Waals surface area contributed by atoms with Gasteiger partial charge in [-0.3, -0.25) is 0 Å². The summed E-state index contributed by atoms with van der Waals surface area (Å²) >= 11 is 0. The summed E-state index contributed by atoms with van der Waals surface area (Å²) in [5.74, 6) is -0.432. The molecule has 5 heteroatoms. The van der Waals surface area contributed by atoms with Gasteiger partial charge in [-0.05, 0) is 18.1 Å². The lowest BCUT2D eigenvalue weighted by molar-refractivity contribution is -0.127. The zero-order valence-electron chi connectivity index (χ0n) is 9.75. The van der Waals surface area contributed by atoms with Gasteiger partial charge in [0.25, 0.3) is 8.32 Å². The van der Waals surface area contributed by atoms with E-state index in [-0.39, 0.29) is 5.04 Å². The summed E-state index contributed by atoms with van der Waals surface area (Å²) in [5, 5.41) is 3.38. The number of oxime groups is 1. The maximum absolute atomic E-state index is 11.2. The largest absolute Gasteiger partial charge is 0.515 e. The van der Waals surface area contributed by atoms with Crippen molar-refractivity contribution in [1.82, 2.24) is 0 Å². The van der Waals surface area contributed by atoms with Gasteiger partial charge in [-0.15, -0.1) is 0 Å². The molecular formula is C9H19NO3Si. The van der Waals surface area contributed by atoms with Crippen LogP contribution in [0.4, 0.5) is 0 Å². The molecule has 0 unspecified atom stereocenters. The van der Waals surface area contributed by atoms with E-state index in [1.165, 1.54) is 7.11 Å². The highest BCUT2D eigenvalue weighted by Gasteiger charge is 2.40. The molecule has 0 rings (SSSR count). The third-order valence-corrected chi connectivity index (χ3v) is 6.75. The molecule has 0 N–H and O–H groups in total. The van der Waals surface area contributed by atoms with E-state index in [1.54, 1.807) is 0 Å². The fraction of sp³-hybridized carbons (Fsp3) is 0.778. The maximum atomic E-state index is 11.2. The van der Waals surface area contributed by atoms with Crippen LogP contribution < -0.4 is 0 Å². The highest BCUT2D eigenvalue weighted by molar-refractivity contribution is 6.76. The van der Waals surface area contributed by atoms with E-state index in [0.29, 0.717) is 0 Å². The number of hydrogen-bond acceptors (Lipinski definition) is 4. The van der Waals surface area contributed by atoms with Crippen LogP contribution in [0.1, 0.15) is 20.8 Å². The molecule has 0 bridgehead atoms. The van der Waals surface area contributed by atoms with Crippen LogP contribution in [-0.4, -0.2) is 27.6 Å². The molecule has 14 heavy (non-hydrogen) atoms. The summed E-state index contributed by atoms with van der Waals surface area (Å²) in [6.07, 6.45) is 1.06. The minimum Gasteiger partial charge on any atom is -0.515 e. The summed E-state index contributed by atoms with van der Waals surface area (Å²) in [4.78, 5) is 15.6. The molecule has 4 nitrogen and oxygen atoms in total. The third kappa shape index (κ3) is 3.91. The van der Waals surface area contributed by atoms with Crippen LogP contribution in [0.15, 0.2) is 5.16 Å². The Kier molecular flexibility index (Phi) is 4.31. The van der Waals surface area contributed by atoms with Crippen molar-refractivity contribution in [2.24, 2.45) is 5.16 Å². The molecule has 0 amide bonds. The smallest absolute Gasteiger partial charge is 0.339 e. The van der Waals surface area contributed by atoms with E-state index >= 15 is 0 Å². The van der Waals surface area contributed by atoms with Gasteiger partial charge in [0, 0.05) is 0 Å². The summed E-state index contributed by atoms with van der Waals surface area (Å²) in [6, 6.07) is 0. The monoisotopic (exact) mass is 217 g/mol. The van der Waals surface area contributed by atoms with Gasteiger partial charge in [0.1, 0.15) is 13.3 Å². The maximum Gasteiger partial charge on any atom is 0.339 e. The van der Waals surface area contributed by atoms with Crippen molar-refractivity contribution < 1.29 is 14.1 Å². The lowest BCUT2D eigenvalue weighted by Gasteiger charge is -2.34. The Morgan fingerprint density at radius 2 is 1.86 bits per heavy atom. The van der Waals surface area contributed by atoms with E-state index in [4.69, 9.17) is 4.43 Å². The molecule has 0 radical (unpaired) electrons. The van der Waals surface area contributed by atoms with Crippen LogP contribution in [0.25, 0.3) is 0 Å². The lowest BCUT2D eigenvalue weighted by Crippen LogP contribution is -2.42. The van der Waals surface area contributed by atoms with Gasteiger partial charge in [0.15, 0.2) is 0 Å². The molecule has 0 aromatic rings. The third-order valence-electron chi connectivity index (χ3n) is 2.43. The molecule has 0 atom stereocenters. The number of carbonyl (C=O) groups excluding carboxylic acids is 1. The molecule has 0 aliphatic heterocycles. The lowest BCUT2D eigenvalue weighted by atomic mass is 10.2. The topological polar surface area (TPSA) is 47.9 Å². The zero-order valence-corrected chi connectivity index (χ0v) is 10.7. The zero-order chi connectivity index (χ0) is 11.4. The van der Waals surface area contributed by atoms with E-state index in [1.807, 2.05) is 13.1 Å². The first kappa shape index (κ1) is 13.2. The first-order chi connectivity index (χ1) is 6.20. The Bertz CT molecular complexity index is 231. The SMILES string of the molecule is CO/N=C/C(=O)O[Si](C)(C)C(C)(C)C. The number of carbonyl (C=O) groups is 1. The van der Waals surface area contributed by atoms with Crippen molar-refractivity contribution in [2.45, 2.75) is 38.9 Å². The molecule has 0 aliphatic carbocycles. The van der Waals surface area contributed by atoms with E-state index in [0.717, 1.165) is 6.21 Å². The molecule has 82 valence electrons. The molecule has 0 aromatic carbocycles. The van der Waals surface area contributed by atoms with Crippen LogP contribution >= 0.6 is 0 Å². The van der Waals surface area contributed by atoms with Gasteiger partial charge in [-0.1, -0.05) is 25.9 Å². The van der Waals surface area contributed by atoms with Gasteiger partial charge < -0.3 is 9.26 Å². The molecule has 0 saturated carbocycles. The Morgan fingerprint density at radius 1 is 1.36 bits per heavy atom. The molecule has 0 heterocycles. The van der Waals surface area contributed by atoms with Crippen LogP contribution in [0, 0.1) is 0 Å². The number of nitrogens with zero attached hydrogens (tertiary/aromatic N) is 1. The predicted octanol–water partition coefficient (Wildman–Crippen LogP) is 2.17. The summed E-state index contributed by atoms with van der Waals surface area (Å²) in [7, 11) is -0.629. The van der Waals surface area contributed by atoms with Crippen LogP contribution in [-0.2, 0) is 14.1 Å². The second-order valence-corrected chi connectivity index (χ2v) is 9.32. The van der Waals surface area contributed by atoms with Gasteiger partial charge in [0.2, 0.25) is 0 Å². The first-order valence-electron chi connectivity index (χ1n) is 4.50. The minimum absolute atomic E-state index is 0.0174. The second-order valence-electron chi connectivity index (χ2n) is 4.60. The highest BCUT2D eigenvalue weighted by atomic mass is 28.4. The van der Waals surface area contributed by atoms with E-state index in [9.17, 15) is 4.79 Å². The van der Waals surface area contributed by atoms with Gasteiger partial charge in [0.05, 0.1) is 0 Å². The highest BCUT2D eigenvalue weighted by Crippen LogP contribution is 2.36. The molecule has 0 aromatic heterocycles.